The number of ether oxygens (including phenoxy) is 1. The first-order chi connectivity index (χ1) is 11.6. The smallest absolute Gasteiger partial charge is 0.249 e. The van der Waals surface area contributed by atoms with Crippen LogP contribution in [-0.2, 0) is 27.3 Å². The van der Waals surface area contributed by atoms with Gasteiger partial charge in [0.25, 0.3) is 0 Å². The molecule has 2 heterocycles. The zero-order chi connectivity index (χ0) is 17.1. The van der Waals surface area contributed by atoms with Crippen LogP contribution < -0.4 is 5.32 Å². The minimum atomic E-state index is -0.102. The fourth-order valence-corrected chi connectivity index (χ4v) is 3.05. The maximum Gasteiger partial charge on any atom is 0.249 e. The second-order valence-electron chi connectivity index (χ2n) is 6.61. The SMILES string of the molecule is CCOCC(=O)N1CCn2cc(CC(=O)NCC3CC3)nc2[C@H]1C. The van der Waals surface area contributed by atoms with E-state index in [2.05, 4.69) is 14.9 Å². The highest BCUT2D eigenvalue weighted by Gasteiger charge is 2.30. The number of amides is 2. The quantitative estimate of drug-likeness (QED) is 0.803. The van der Waals surface area contributed by atoms with E-state index in [0.29, 0.717) is 32.0 Å². The van der Waals surface area contributed by atoms with E-state index in [1.54, 1.807) is 4.90 Å². The van der Waals surface area contributed by atoms with Crippen LogP contribution in [0.25, 0.3) is 0 Å². The highest BCUT2D eigenvalue weighted by atomic mass is 16.5. The van der Waals surface area contributed by atoms with Crippen molar-refractivity contribution in [1.29, 1.82) is 0 Å². The van der Waals surface area contributed by atoms with E-state index in [0.717, 1.165) is 18.1 Å². The van der Waals surface area contributed by atoms with E-state index in [9.17, 15) is 9.59 Å². The minimum Gasteiger partial charge on any atom is -0.372 e. The molecule has 3 rings (SSSR count). The van der Waals surface area contributed by atoms with Crippen LogP contribution in [0.1, 0.15) is 44.2 Å². The van der Waals surface area contributed by atoms with E-state index >= 15 is 0 Å². The average molecular weight is 334 g/mol. The summed E-state index contributed by atoms with van der Waals surface area (Å²) in [5.74, 6) is 1.53. The van der Waals surface area contributed by atoms with Crippen molar-refractivity contribution in [1.82, 2.24) is 19.8 Å². The van der Waals surface area contributed by atoms with Crippen LogP contribution in [0, 0.1) is 5.92 Å². The van der Waals surface area contributed by atoms with E-state index in [1.807, 2.05) is 20.0 Å². The second kappa shape index (κ2) is 7.34. The van der Waals surface area contributed by atoms with Gasteiger partial charge >= 0.3 is 0 Å². The van der Waals surface area contributed by atoms with Crippen LogP contribution in [0.5, 0.6) is 0 Å². The Bertz CT molecular complexity index is 609. The summed E-state index contributed by atoms with van der Waals surface area (Å²) in [5, 5.41) is 2.97. The predicted molar refractivity (Wildman–Crippen MR) is 88.3 cm³/mol. The molecule has 0 spiro atoms. The summed E-state index contributed by atoms with van der Waals surface area (Å²) in [6.07, 6.45) is 4.68. The molecule has 0 radical (unpaired) electrons. The maximum absolute atomic E-state index is 12.2. The number of nitrogens with zero attached hydrogens (tertiary/aromatic N) is 3. The van der Waals surface area contributed by atoms with Crippen LogP contribution in [-0.4, -0.2) is 52.6 Å². The Labute approximate surface area is 142 Å². The third kappa shape index (κ3) is 3.95. The van der Waals surface area contributed by atoms with E-state index in [-0.39, 0.29) is 24.5 Å². The standard InChI is InChI=1S/C17H26N4O3/c1-3-24-11-16(23)21-7-6-20-10-14(19-17(20)12(21)2)8-15(22)18-9-13-4-5-13/h10,12-13H,3-9,11H2,1-2H3,(H,18,22)/t12-/m1/s1. The second-order valence-corrected chi connectivity index (χ2v) is 6.61. The van der Waals surface area contributed by atoms with Gasteiger partial charge in [-0.3, -0.25) is 9.59 Å². The van der Waals surface area contributed by atoms with Crippen molar-refractivity contribution in [3.8, 4) is 0 Å². The van der Waals surface area contributed by atoms with Gasteiger partial charge in [-0.15, -0.1) is 0 Å². The van der Waals surface area contributed by atoms with Gasteiger partial charge in [0.2, 0.25) is 11.8 Å². The molecule has 0 aromatic carbocycles. The largest absolute Gasteiger partial charge is 0.372 e. The van der Waals surface area contributed by atoms with Crippen molar-refractivity contribution < 1.29 is 14.3 Å². The van der Waals surface area contributed by atoms with Crippen molar-refractivity contribution in [2.45, 2.75) is 45.7 Å². The molecule has 1 atom stereocenters. The lowest BCUT2D eigenvalue weighted by Crippen LogP contribution is -2.42. The topological polar surface area (TPSA) is 76.5 Å². The molecule has 24 heavy (non-hydrogen) atoms. The number of rotatable bonds is 7. The predicted octanol–water partition coefficient (Wildman–Crippen LogP) is 0.892. The molecule has 7 heteroatoms. The maximum atomic E-state index is 12.2. The van der Waals surface area contributed by atoms with E-state index in [1.165, 1.54) is 12.8 Å². The molecule has 1 aliphatic heterocycles. The molecule has 0 unspecified atom stereocenters. The molecule has 1 aromatic heterocycles. The molecule has 1 fully saturated rings. The van der Waals surface area contributed by atoms with Crippen molar-refractivity contribution in [2.75, 3.05) is 26.3 Å². The number of hydrogen-bond donors (Lipinski definition) is 1. The summed E-state index contributed by atoms with van der Waals surface area (Å²) in [6, 6.07) is -0.102. The molecule has 1 aromatic rings. The van der Waals surface area contributed by atoms with Crippen LogP contribution in [0.15, 0.2) is 6.20 Å². The number of fused-ring (bicyclic) bond motifs is 1. The molecule has 0 saturated heterocycles. The van der Waals surface area contributed by atoms with Gasteiger partial charge in [0.15, 0.2) is 0 Å². The van der Waals surface area contributed by atoms with Gasteiger partial charge in [-0.2, -0.15) is 0 Å². The highest BCUT2D eigenvalue weighted by Crippen LogP contribution is 2.27. The Kier molecular flexibility index (Phi) is 5.18. The van der Waals surface area contributed by atoms with Gasteiger partial charge in [0.1, 0.15) is 12.4 Å². The Morgan fingerprint density at radius 2 is 2.17 bits per heavy atom. The fourth-order valence-electron chi connectivity index (χ4n) is 3.05. The fraction of sp³-hybridized carbons (Fsp3) is 0.706. The molecule has 1 N–H and O–H groups in total. The van der Waals surface area contributed by atoms with E-state index < -0.39 is 0 Å². The Morgan fingerprint density at radius 3 is 2.88 bits per heavy atom. The Hall–Kier alpha value is -1.89. The molecular weight excluding hydrogens is 308 g/mol. The van der Waals surface area contributed by atoms with Crippen molar-refractivity contribution >= 4 is 11.8 Å². The van der Waals surface area contributed by atoms with Gasteiger partial charge in [0.05, 0.1) is 18.2 Å². The summed E-state index contributed by atoms with van der Waals surface area (Å²) in [6.45, 7) is 6.61. The molecule has 0 bridgehead atoms. The van der Waals surface area contributed by atoms with Crippen molar-refractivity contribution in [3.63, 3.8) is 0 Å². The lowest BCUT2D eigenvalue weighted by atomic mass is 10.2. The summed E-state index contributed by atoms with van der Waals surface area (Å²) >= 11 is 0. The van der Waals surface area contributed by atoms with Crippen LogP contribution in [0.3, 0.4) is 0 Å². The molecule has 2 amide bonds. The monoisotopic (exact) mass is 334 g/mol. The minimum absolute atomic E-state index is 0.0117. The first-order valence-electron chi connectivity index (χ1n) is 8.78. The number of aromatic nitrogens is 2. The van der Waals surface area contributed by atoms with Crippen LogP contribution in [0.2, 0.25) is 0 Å². The molecule has 132 valence electrons. The lowest BCUT2D eigenvalue weighted by molar-refractivity contribution is -0.139. The van der Waals surface area contributed by atoms with Crippen LogP contribution >= 0.6 is 0 Å². The number of nitrogens with one attached hydrogen (secondary N) is 1. The third-order valence-electron chi connectivity index (χ3n) is 4.66. The van der Waals surface area contributed by atoms with Gasteiger partial charge < -0.3 is 19.5 Å². The molecule has 1 aliphatic carbocycles. The summed E-state index contributed by atoms with van der Waals surface area (Å²) < 4.78 is 7.28. The number of carbonyl (C=O) groups excluding carboxylic acids is 2. The highest BCUT2D eigenvalue weighted by molar-refractivity contribution is 5.78. The lowest BCUT2D eigenvalue weighted by Gasteiger charge is -2.33. The zero-order valence-electron chi connectivity index (χ0n) is 14.5. The van der Waals surface area contributed by atoms with Gasteiger partial charge in [-0.05, 0) is 32.6 Å². The van der Waals surface area contributed by atoms with Gasteiger partial charge in [0, 0.05) is 32.4 Å². The zero-order valence-corrected chi connectivity index (χ0v) is 14.5. The molecular formula is C17H26N4O3. The van der Waals surface area contributed by atoms with Crippen LogP contribution in [0.4, 0.5) is 0 Å². The number of carbonyl (C=O) groups is 2. The first-order valence-corrected chi connectivity index (χ1v) is 8.78. The molecule has 2 aliphatic rings. The summed E-state index contributed by atoms with van der Waals surface area (Å²) in [4.78, 5) is 30.6. The number of imidazole rings is 1. The molecule has 7 nitrogen and oxygen atoms in total. The molecule has 1 saturated carbocycles. The first kappa shape index (κ1) is 17.0. The van der Waals surface area contributed by atoms with E-state index in [4.69, 9.17) is 4.74 Å². The van der Waals surface area contributed by atoms with Gasteiger partial charge in [-0.1, -0.05) is 0 Å². The number of hydrogen-bond acceptors (Lipinski definition) is 4. The van der Waals surface area contributed by atoms with Crippen molar-refractivity contribution in [2.24, 2.45) is 5.92 Å². The third-order valence-corrected chi connectivity index (χ3v) is 4.66. The average Bonchev–Trinajstić information content (AvgIpc) is 3.30. The Morgan fingerprint density at radius 1 is 1.38 bits per heavy atom. The summed E-state index contributed by atoms with van der Waals surface area (Å²) in [7, 11) is 0. The Balaban J connectivity index is 1.60. The van der Waals surface area contributed by atoms with Crippen molar-refractivity contribution in [3.05, 3.63) is 17.7 Å². The normalized spacial score (nSPS) is 19.9. The summed E-state index contributed by atoms with van der Waals surface area (Å²) in [5.41, 5.74) is 0.768. The van der Waals surface area contributed by atoms with Gasteiger partial charge in [-0.25, -0.2) is 4.98 Å².